The van der Waals surface area contributed by atoms with Crippen molar-refractivity contribution in [3.63, 3.8) is 0 Å². The Morgan fingerprint density at radius 1 is 1.35 bits per heavy atom. The molecular weight excluding hydrogens is 292 g/mol. The molecule has 6 heteroatoms. The lowest BCUT2D eigenvalue weighted by molar-refractivity contribution is 0.0378. The average Bonchev–Trinajstić information content (AvgIpc) is 2.88. The van der Waals surface area contributed by atoms with E-state index < -0.39 is 0 Å². The molecule has 0 spiro atoms. The van der Waals surface area contributed by atoms with Gasteiger partial charge in [-0.3, -0.25) is 0 Å². The number of aromatic nitrogens is 3. The molecule has 1 aromatic heterocycles. The smallest absolute Gasteiger partial charge is 0.338 e. The topological polar surface area (TPSA) is 80.8 Å². The fourth-order valence-corrected chi connectivity index (χ4v) is 2.21. The van der Waals surface area contributed by atoms with E-state index in [1.807, 2.05) is 6.07 Å². The van der Waals surface area contributed by atoms with E-state index in [-0.39, 0.29) is 12.1 Å². The number of nitriles is 1. The summed E-state index contributed by atoms with van der Waals surface area (Å²) in [5.41, 5.74) is 2.19. The zero-order valence-electron chi connectivity index (χ0n) is 13.8. The second kappa shape index (κ2) is 7.05. The Balaban J connectivity index is 2.42. The van der Waals surface area contributed by atoms with Gasteiger partial charge in [-0.25, -0.2) is 9.48 Å². The first-order chi connectivity index (χ1) is 10.9. The normalized spacial score (nSPS) is 10.8. The Labute approximate surface area is 135 Å². The van der Waals surface area contributed by atoms with Gasteiger partial charge < -0.3 is 4.74 Å². The quantitative estimate of drug-likeness (QED) is 0.793. The number of carbonyl (C=O) groups excluding carboxylic acids is 1. The molecule has 2 aromatic rings. The molecule has 0 aliphatic heterocycles. The third-order valence-electron chi connectivity index (χ3n) is 3.14. The van der Waals surface area contributed by atoms with E-state index in [1.165, 1.54) is 0 Å². The maximum atomic E-state index is 12.0. The van der Waals surface area contributed by atoms with Gasteiger partial charge in [0.2, 0.25) is 0 Å². The molecular formula is C17H20N4O2. The second-order valence-corrected chi connectivity index (χ2v) is 6.01. The van der Waals surface area contributed by atoms with E-state index >= 15 is 0 Å². The summed E-state index contributed by atoms with van der Waals surface area (Å²) in [6, 6.07) is 9.05. The van der Waals surface area contributed by atoms with Crippen LogP contribution in [0.3, 0.4) is 0 Å². The molecule has 0 unspecified atom stereocenters. The average molecular weight is 312 g/mol. The van der Waals surface area contributed by atoms with Crippen molar-refractivity contribution in [3.05, 3.63) is 41.2 Å². The standard InChI is InChI=1S/C17H20N4O2/c1-11(2)8-16-15(10-18)19-20-21(16)14-7-5-6-13(9-14)17(22)23-12(3)4/h5-7,9,11-12H,8H2,1-4H3. The third-order valence-corrected chi connectivity index (χ3v) is 3.14. The molecule has 0 saturated carbocycles. The number of esters is 1. The van der Waals surface area contributed by atoms with Gasteiger partial charge in [-0.05, 0) is 44.4 Å². The molecule has 1 aromatic carbocycles. The summed E-state index contributed by atoms with van der Waals surface area (Å²) in [6.45, 7) is 7.74. The van der Waals surface area contributed by atoms with Crippen LogP contribution in [0, 0.1) is 17.2 Å². The highest BCUT2D eigenvalue weighted by molar-refractivity contribution is 5.90. The van der Waals surface area contributed by atoms with Crippen molar-refractivity contribution >= 4 is 5.97 Å². The van der Waals surface area contributed by atoms with Gasteiger partial charge >= 0.3 is 5.97 Å². The number of rotatable bonds is 5. The maximum Gasteiger partial charge on any atom is 0.338 e. The minimum atomic E-state index is -0.382. The van der Waals surface area contributed by atoms with Crippen LogP contribution in [0.5, 0.6) is 0 Å². The molecule has 0 N–H and O–H groups in total. The second-order valence-electron chi connectivity index (χ2n) is 6.01. The molecule has 2 rings (SSSR count). The molecule has 0 amide bonds. The largest absolute Gasteiger partial charge is 0.459 e. The van der Waals surface area contributed by atoms with Crippen molar-refractivity contribution in [2.45, 2.75) is 40.2 Å². The van der Waals surface area contributed by atoms with Gasteiger partial charge in [-0.15, -0.1) is 5.10 Å². The predicted octanol–water partition coefficient (Wildman–Crippen LogP) is 2.90. The van der Waals surface area contributed by atoms with E-state index in [0.717, 1.165) is 5.69 Å². The number of hydrogen-bond acceptors (Lipinski definition) is 5. The Kier molecular flexibility index (Phi) is 5.12. The first kappa shape index (κ1) is 16.7. The molecule has 0 radical (unpaired) electrons. The van der Waals surface area contributed by atoms with Crippen LogP contribution >= 0.6 is 0 Å². The number of ether oxygens (including phenoxy) is 1. The minimum Gasteiger partial charge on any atom is -0.459 e. The van der Waals surface area contributed by atoms with Crippen LogP contribution in [-0.2, 0) is 11.2 Å². The minimum absolute atomic E-state index is 0.181. The van der Waals surface area contributed by atoms with Crippen molar-refractivity contribution in [1.82, 2.24) is 15.0 Å². The van der Waals surface area contributed by atoms with Crippen LogP contribution in [0.2, 0.25) is 0 Å². The van der Waals surface area contributed by atoms with Crippen LogP contribution in [0.25, 0.3) is 5.69 Å². The molecule has 0 saturated heterocycles. The summed E-state index contributed by atoms with van der Waals surface area (Å²) < 4.78 is 6.83. The van der Waals surface area contributed by atoms with Crippen LogP contribution < -0.4 is 0 Å². The van der Waals surface area contributed by atoms with Gasteiger partial charge in [0.15, 0.2) is 5.69 Å². The SMILES string of the molecule is CC(C)Cc1c(C#N)nnn1-c1cccc(C(=O)OC(C)C)c1. The summed E-state index contributed by atoms with van der Waals surface area (Å²) in [5, 5.41) is 17.2. The molecule has 6 nitrogen and oxygen atoms in total. The van der Waals surface area contributed by atoms with Crippen molar-refractivity contribution in [3.8, 4) is 11.8 Å². The maximum absolute atomic E-state index is 12.0. The van der Waals surface area contributed by atoms with Crippen LogP contribution in [-0.4, -0.2) is 27.1 Å². The van der Waals surface area contributed by atoms with Crippen LogP contribution in [0.1, 0.15) is 49.4 Å². The zero-order valence-corrected chi connectivity index (χ0v) is 13.8. The van der Waals surface area contributed by atoms with Crippen molar-refractivity contribution in [1.29, 1.82) is 5.26 Å². The van der Waals surface area contributed by atoms with E-state index in [2.05, 4.69) is 30.2 Å². The monoisotopic (exact) mass is 312 g/mol. The fraction of sp³-hybridized carbons (Fsp3) is 0.412. The van der Waals surface area contributed by atoms with E-state index in [4.69, 9.17) is 4.74 Å². The van der Waals surface area contributed by atoms with E-state index in [0.29, 0.717) is 29.3 Å². The van der Waals surface area contributed by atoms with Gasteiger partial charge in [0.05, 0.1) is 23.0 Å². The van der Waals surface area contributed by atoms with E-state index in [1.54, 1.807) is 36.7 Å². The third kappa shape index (κ3) is 3.95. The number of nitrogens with zero attached hydrogens (tertiary/aromatic N) is 4. The van der Waals surface area contributed by atoms with Gasteiger partial charge in [-0.2, -0.15) is 5.26 Å². The van der Waals surface area contributed by atoms with Crippen LogP contribution in [0.4, 0.5) is 0 Å². The summed E-state index contributed by atoms with van der Waals surface area (Å²) in [4.78, 5) is 12.0. The lowest BCUT2D eigenvalue weighted by atomic mass is 10.1. The lowest BCUT2D eigenvalue weighted by Crippen LogP contribution is -2.12. The summed E-state index contributed by atoms with van der Waals surface area (Å²) in [6.07, 6.45) is 0.496. The first-order valence-corrected chi connectivity index (χ1v) is 7.58. The van der Waals surface area contributed by atoms with Gasteiger partial charge in [0, 0.05) is 0 Å². The fourth-order valence-electron chi connectivity index (χ4n) is 2.21. The van der Waals surface area contributed by atoms with Crippen molar-refractivity contribution in [2.75, 3.05) is 0 Å². The molecule has 1 heterocycles. The molecule has 23 heavy (non-hydrogen) atoms. The molecule has 0 aliphatic rings. The molecule has 120 valence electrons. The van der Waals surface area contributed by atoms with Crippen molar-refractivity contribution in [2.24, 2.45) is 5.92 Å². The summed E-state index contributed by atoms with van der Waals surface area (Å²) in [5.74, 6) is -0.0266. The number of carbonyl (C=O) groups is 1. The molecule has 0 aliphatic carbocycles. The zero-order chi connectivity index (χ0) is 17.0. The summed E-state index contributed by atoms with van der Waals surface area (Å²) in [7, 11) is 0. The Bertz CT molecular complexity index is 741. The van der Waals surface area contributed by atoms with Gasteiger partial charge in [0.25, 0.3) is 0 Å². The van der Waals surface area contributed by atoms with Crippen molar-refractivity contribution < 1.29 is 9.53 Å². The lowest BCUT2D eigenvalue weighted by Gasteiger charge is -2.11. The molecule has 0 fully saturated rings. The van der Waals surface area contributed by atoms with Gasteiger partial charge in [-0.1, -0.05) is 25.1 Å². The summed E-state index contributed by atoms with van der Waals surface area (Å²) >= 11 is 0. The van der Waals surface area contributed by atoms with E-state index in [9.17, 15) is 10.1 Å². The predicted molar refractivity (Wildman–Crippen MR) is 85.2 cm³/mol. The molecule has 0 bridgehead atoms. The number of hydrogen-bond donors (Lipinski definition) is 0. The Hall–Kier alpha value is -2.68. The number of benzene rings is 1. The van der Waals surface area contributed by atoms with Gasteiger partial charge in [0.1, 0.15) is 6.07 Å². The highest BCUT2D eigenvalue weighted by atomic mass is 16.5. The Morgan fingerprint density at radius 3 is 2.70 bits per heavy atom. The van der Waals surface area contributed by atoms with Crippen LogP contribution in [0.15, 0.2) is 24.3 Å². The molecule has 0 atom stereocenters. The highest BCUT2D eigenvalue weighted by Crippen LogP contribution is 2.18. The highest BCUT2D eigenvalue weighted by Gasteiger charge is 2.17. The Morgan fingerprint density at radius 2 is 2.09 bits per heavy atom. The first-order valence-electron chi connectivity index (χ1n) is 7.58.